The summed E-state index contributed by atoms with van der Waals surface area (Å²) in [7, 11) is 0. The molecule has 0 saturated heterocycles. The number of thiazole rings is 1. The average molecular weight is 250 g/mol. The lowest BCUT2D eigenvalue weighted by Gasteiger charge is -2.13. The summed E-state index contributed by atoms with van der Waals surface area (Å²) in [5.74, 6) is 0.520. The Morgan fingerprint density at radius 2 is 2.24 bits per heavy atom. The fourth-order valence-electron chi connectivity index (χ4n) is 1.81. The molecule has 0 fully saturated rings. The van der Waals surface area contributed by atoms with E-state index in [1.807, 2.05) is 18.2 Å². The number of aliphatic hydroxyl groups is 1. The van der Waals surface area contributed by atoms with Crippen LogP contribution in [0.3, 0.4) is 0 Å². The van der Waals surface area contributed by atoms with Crippen LogP contribution in [0.2, 0.25) is 0 Å². The van der Waals surface area contributed by atoms with Crippen molar-refractivity contribution in [2.45, 2.75) is 19.8 Å². The average Bonchev–Trinajstić information content (AvgIpc) is 2.77. The summed E-state index contributed by atoms with van der Waals surface area (Å²) in [6.45, 7) is 3.30. The van der Waals surface area contributed by atoms with Crippen molar-refractivity contribution in [3.05, 3.63) is 24.3 Å². The Labute approximate surface area is 106 Å². The van der Waals surface area contributed by atoms with Crippen LogP contribution in [-0.2, 0) is 0 Å². The molecule has 0 bridgehead atoms. The van der Waals surface area contributed by atoms with Crippen LogP contribution in [0.25, 0.3) is 10.2 Å². The Bertz CT molecular complexity index is 436. The van der Waals surface area contributed by atoms with Gasteiger partial charge >= 0.3 is 0 Å². The molecule has 0 radical (unpaired) electrons. The number of aromatic nitrogens is 1. The number of rotatable bonds is 6. The van der Waals surface area contributed by atoms with Gasteiger partial charge in [-0.15, -0.1) is 0 Å². The summed E-state index contributed by atoms with van der Waals surface area (Å²) in [5.41, 5.74) is 1.05. The molecule has 0 aliphatic carbocycles. The number of para-hydroxylation sites is 1. The highest BCUT2D eigenvalue weighted by Gasteiger charge is 2.07. The van der Waals surface area contributed by atoms with Crippen LogP contribution in [-0.4, -0.2) is 23.2 Å². The first-order valence-corrected chi connectivity index (χ1v) is 6.85. The molecule has 0 aliphatic heterocycles. The second-order valence-corrected chi connectivity index (χ2v) is 5.18. The molecule has 92 valence electrons. The van der Waals surface area contributed by atoms with Crippen molar-refractivity contribution in [3.8, 4) is 0 Å². The SMILES string of the molecule is CCC(CCO)CNc1nc2ccccc2s1. The first-order chi connectivity index (χ1) is 8.33. The van der Waals surface area contributed by atoms with Crippen LogP contribution in [0.15, 0.2) is 24.3 Å². The molecule has 2 aromatic rings. The third-order valence-electron chi connectivity index (χ3n) is 2.95. The van der Waals surface area contributed by atoms with E-state index in [-0.39, 0.29) is 6.61 Å². The van der Waals surface area contributed by atoms with E-state index < -0.39 is 0 Å². The summed E-state index contributed by atoms with van der Waals surface area (Å²) < 4.78 is 1.21. The number of hydrogen-bond acceptors (Lipinski definition) is 4. The van der Waals surface area contributed by atoms with Crippen molar-refractivity contribution in [2.24, 2.45) is 5.92 Å². The van der Waals surface area contributed by atoms with Gasteiger partial charge in [0, 0.05) is 13.2 Å². The minimum Gasteiger partial charge on any atom is -0.396 e. The van der Waals surface area contributed by atoms with Crippen molar-refractivity contribution in [3.63, 3.8) is 0 Å². The third kappa shape index (κ3) is 3.17. The Morgan fingerprint density at radius 3 is 2.94 bits per heavy atom. The molecular weight excluding hydrogens is 232 g/mol. The van der Waals surface area contributed by atoms with E-state index >= 15 is 0 Å². The molecule has 2 rings (SSSR count). The minimum atomic E-state index is 0.264. The van der Waals surface area contributed by atoms with Gasteiger partial charge in [-0.3, -0.25) is 0 Å². The Kier molecular flexibility index (Phi) is 4.34. The smallest absolute Gasteiger partial charge is 0.183 e. The van der Waals surface area contributed by atoms with Crippen molar-refractivity contribution in [2.75, 3.05) is 18.5 Å². The number of nitrogens with one attached hydrogen (secondary N) is 1. The second-order valence-electron chi connectivity index (χ2n) is 4.15. The molecule has 2 N–H and O–H groups in total. The zero-order valence-electron chi connectivity index (χ0n) is 10.0. The maximum Gasteiger partial charge on any atom is 0.183 e. The van der Waals surface area contributed by atoms with Crippen molar-refractivity contribution >= 4 is 26.7 Å². The lowest BCUT2D eigenvalue weighted by molar-refractivity contribution is 0.258. The molecule has 0 spiro atoms. The molecule has 1 aromatic carbocycles. The number of aliphatic hydroxyl groups excluding tert-OH is 1. The summed E-state index contributed by atoms with van der Waals surface area (Å²) in [6, 6.07) is 8.16. The molecule has 4 heteroatoms. The summed E-state index contributed by atoms with van der Waals surface area (Å²) in [4.78, 5) is 4.52. The first-order valence-electron chi connectivity index (χ1n) is 6.03. The van der Waals surface area contributed by atoms with E-state index in [0.717, 1.165) is 30.0 Å². The number of anilines is 1. The Morgan fingerprint density at radius 1 is 1.41 bits per heavy atom. The van der Waals surface area contributed by atoms with Crippen LogP contribution in [0.1, 0.15) is 19.8 Å². The maximum absolute atomic E-state index is 8.94. The van der Waals surface area contributed by atoms with Gasteiger partial charge in [0.05, 0.1) is 10.2 Å². The van der Waals surface area contributed by atoms with E-state index in [0.29, 0.717) is 5.92 Å². The Hall–Kier alpha value is -1.13. The molecule has 1 unspecified atom stereocenters. The number of fused-ring (bicyclic) bond motifs is 1. The summed E-state index contributed by atoms with van der Waals surface area (Å²) in [5, 5.41) is 13.3. The number of hydrogen-bond donors (Lipinski definition) is 2. The molecule has 1 heterocycles. The van der Waals surface area contributed by atoms with E-state index in [4.69, 9.17) is 5.11 Å². The van der Waals surface area contributed by atoms with Crippen LogP contribution >= 0.6 is 11.3 Å². The van der Waals surface area contributed by atoms with Gasteiger partial charge in [0.25, 0.3) is 0 Å². The van der Waals surface area contributed by atoms with Gasteiger partial charge in [-0.2, -0.15) is 0 Å². The summed E-state index contributed by atoms with van der Waals surface area (Å²) in [6.07, 6.45) is 1.94. The fraction of sp³-hybridized carbons (Fsp3) is 0.462. The monoisotopic (exact) mass is 250 g/mol. The highest BCUT2D eigenvalue weighted by molar-refractivity contribution is 7.22. The standard InChI is InChI=1S/C13H18N2OS/c1-2-10(7-8-16)9-14-13-15-11-5-3-4-6-12(11)17-13/h3-6,10,16H,2,7-9H2,1H3,(H,14,15). The maximum atomic E-state index is 8.94. The number of nitrogens with zero attached hydrogens (tertiary/aromatic N) is 1. The van der Waals surface area contributed by atoms with Gasteiger partial charge in [-0.25, -0.2) is 4.98 Å². The van der Waals surface area contributed by atoms with Crippen LogP contribution in [0.4, 0.5) is 5.13 Å². The largest absolute Gasteiger partial charge is 0.396 e. The minimum absolute atomic E-state index is 0.264. The van der Waals surface area contributed by atoms with Gasteiger partial charge < -0.3 is 10.4 Å². The molecule has 0 aliphatic rings. The molecule has 17 heavy (non-hydrogen) atoms. The molecule has 3 nitrogen and oxygen atoms in total. The molecule has 0 amide bonds. The van der Waals surface area contributed by atoms with Crippen LogP contribution < -0.4 is 5.32 Å². The van der Waals surface area contributed by atoms with Crippen molar-refractivity contribution in [1.29, 1.82) is 0 Å². The third-order valence-corrected chi connectivity index (χ3v) is 3.94. The predicted octanol–water partition coefficient (Wildman–Crippen LogP) is 3.12. The van der Waals surface area contributed by atoms with Crippen molar-refractivity contribution in [1.82, 2.24) is 4.98 Å². The summed E-state index contributed by atoms with van der Waals surface area (Å²) >= 11 is 1.68. The lowest BCUT2D eigenvalue weighted by atomic mass is 10.0. The molecule has 0 saturated carbocycles. The molecule has 1 atom stereocenters. The fourth-order valence-corrected chi connectivity index (χ4v) is 2.69. The predicted molar refractivity (Wildman–Crippen MR) is 73.6 cm³/mol. The van der Waals surface area contributed by atoms with E-state index in [1.54, 1.807) is 11.3 Å². The lowest BCUT2D eigenvalue weighted by Crippen LogP contribution is -2.14. The highest BCUT2D eigenvalue weighted by atomic mass is 32.1. The molecular formula is C13H18N2OS. The van der Waals surface area contributed by atoms with Gasteiger partial charge in [0.2, 0.25) is 0 Å². The quantitative estimate of drug-likeness (QED) is 0.828. The van der Waals surface area contributed by atoms with Gasteiger partial charge in [0.1, 0.15) is 0 Å². The Balaban J connectivity index is 1.98. The first kappa shape index (κ1) is 12.3. The topological polar surface area (TPSA) is 45.1 Å². The zero-order chi connectivity index (χ0) is 12.1. The zero-order valence-corrected chi connectivity index (χ0v) is 10.8. The van der Waals surface area contributed by atoms with Gasteiger partial charge in [-0.1, -0.05) is 36.8 Å². The second kappa shape index (κ2) is 5.98. The number of benzene rings is 1. The van der Waals surface area contributed by atoms with Crippen LogP contribution in [0, 0.1) is 5.92 Å². The normalized spacial score (nSPS) is 12.8. The molecule has 1 aromatic heterocycles. The van der Waals surface area contributed by atoms with Gasteiger partial charge in [0.15, 0.2) is 5.13 Å². The van der Waals surface area contributed by atoms with E-state index in [1.165, 1.54) is 4.70 Å². The van der Waals surface area contributed by atoms with E-state index in [9.17, 15) is 0 Å². The van der Waals surface area contributed by atoms with Crippen LogP contribution in [0.5, 0.6) is 0 Å². The van der Waals surface area contributed by atoms with Crippen molar-refractivity contribution < 1.29 is 5.11 Å². The van der Waals surface area contributed by atoms with E-state index in [2.05, 4.69) is 23.3 Å². The van der Waals surface area contributed by atoms with Gasteiger partial charge in [-0.05, 0) is 24.5 Å². The highest BCUT2D eigenvalue weighted by Crippen LogP contribution is 2.25.